The molecule has 1 aromatic carbocycles. The second-order valence-electron chi connectivity index (χ2n) is 4.20. The van der Waals surface area contributed by atoms with E-state index in [1.54, 1.807) is 0 Å². The van der Waals surface area contributed by atoms with E-state index in [0.29, 0.717) is 6.54 Å². The van der Waals surface area contributed by atoms with Crippen molar-refractivity contribution < 1.29 is 0 Å². The highest BCUT2D eigenvalue weighted by Crippen LogP contribution is 2.21. The molecule has 0 amide bonds. The molecule has 2 aromatic rings. The van der Waals surface area contributed by atoms with Gasteiger partial charge in [0, 0.05) is 17.4 Å². The minimum atomic E-state index is 0.649. The van der Waals surface area contributed by atoms with Crippen molar-refractivity contribution >= 4 is 27.0 Å². The van der Waals surface area contributed by atoms with Crippen molar-refractivity contribution in [3.63, 3.8) is 0 Å². The topological polar surface area (TPSA) is 43.8 Å². The van der Waals surface area contributed by atoms with Crippen molar-refractivity contribution in [1.29, 1.82) is 0 Å². The van der Waals surface area contributed by atoms with Crippen LogP contribution in [0.1, 0.15) is 25.6 Å². The van der Waals surface area contributed by atoms with Crippen LogP contribution in [-0.2, 0) is 13.0 Å². The fourth-order valence-electron chi connectivity index (χ4n) is 2.04. The molecule has 92 valence electrons. The van der Waals surface area contributed by atoms with Crippen LogP contribution in [0.25, 0.3) is 11.0 Å². The van der Waals surface area contributed by atoms with E-state index in [4.69, 9.17) is 5.73 Å². The second kappa shape index (κ2) is 5.65. The maximum atomic E-state index is 5.65. The van der Waals surface area contributed by atoms with Crippen LogP contribution < -0.4 is 5.73 Å². The maximum Gasteiger partial charge on any atom is 0.111 e. The quantitative estimate of drug-likeness (QED) is 0.921. The van der Waals surface area contributed by atoms with Crippen LogP contribution in [0.15, 0.2) is 22.7 Å². The van der Waals surface area contributed by atoms with E-state index in [1.807, 2.05) is 0 Å². The lowest BCUT2D eigenvalue weighted by atomic mass is 10.3. The first-order valence-corrected chi connectivity index (χ1v) is 6.90. The molecule has 2 N–H and O–H groups in total. The lowest BCUT2D eigenvalue weighted by Crippen LogP contribution is -2.10. The molecule has 2 rings (SSSR count). The molecular formula is C13H18BrN3. The van der Waals surface area contributed by atoms with Crippen molar-refractivity contribution in [1.82, 2.24) is 9.55 Å². The van der Waals surface area contributed by atoms with Crippen molar-refractivity contribution in [2.75, 3.05) is 6.54 Å². The summed E-state index contributed by atoms with van der Waals surface area (Å²) in [6, 6.07) is 6.26. The van der Waals surface area contributed by atoms with Gasteiger partial charge in [-0.3, -0.25) is 0 Å². The van der Waals surface area contributed by atoms with Crippen LogP contribution in [0.3, 0.4) is 0 Å². The fraction of sp³-hybridized carbons (Fsp3) is 0.462. The van der Waals surface area contributed by atoms with Gasteiger partial charge in [-0.1, -0.05) is 29.3 Å². The van der Waals surface area contributed by atoms with Gasteiger partial charge in [-0.25, -0.2) is 4.98 Å². The number of hydrogen-bond donors (Lipinski definition) is 1. The lowest BCUT2D eigenvalue weighted by Gasteiger charge is -2.07. The monoisotopic (exact) mass is 295 g/mol. The average Bonchev–Trinajstić information content (AvgIpc) is 2.63. The van der Waals surface area contributed by atoms with Crippen LogP contribution in [-0.4, -0.2) is 16.1 Å². The second-order valence-corrected chi connectivity index (χ2v) is 5.12. The van der Waals surface area contributed by atoms with E-state index in [-0.39, 0.29) is 0 Å². The zero-order valence-corrected chi connectivity index (χ0v) is 11.7. The first kappa shape index (κ1) is 12.6. The predicted octanol–water partition coefficient (Wildman–Crippen LogP) is 3.10. The van der Waals surface area contributed by atoms with Gasteiger partial charge in [0.05, 0.1) is 11.0 Å². The predicted molar refractivity (Wildman–Crippen MR) is 75.1 cm³/mol. The Hall–Kier alpha value is -0.870. The summed E-state index contributed by atoms with van der Waals surface area (Å²) in [6.07, 6.45) is 3.22. The van der Waals surface area contributed by atoms with E-state index in [1.165, 1.54) is 18.4 Å². The SMILES string of the molecule is CCCCn1c(CCN)nc2cc(Br)ccc21. The molecule has 0 bridgehead atoms. The number of halogens is 1. The highest BCUT2D eigenvalue weighted by molar-refractivity contribution is 9.10. The first-order chi connectivity index (χ1) is 8.26. The Kier molecular flexibility index (Phi) is 4.18. The molecular weight excluding hydrogens is 278 g/mol. The number of hydrogen-bond acceptors (Lipinski definition) is 2. The smallest absolute Gasteiger partial charge is 0.111 e. The number of aromatic nitrogens is 2. The van der Waals surface area contributed by atoms with Gasteiger partial charge >= 0.3 is 0 Å². The summed E-state index contributed by atoms with van der Waals surface area (Å²) >= 11 is 3.48. The summed E-state index contributed by atoms with van der Waals surface area (Å²) in [5, 5.41) is 0. The van der Waals surface area contributed by atoms with Crippen LogP contribution in [0.5, 0.6) is 0 Å². The maximum absolute atomic E-state index is 5.65. The van der Waals surface area contributed by atoms with Gasteiger partial charge in [0.15, 0.2) is 0 Å². The summed E-state index contributed by atoms with van der Waals surface area (Å²) in [7, 11) is 0. The molecule has 0 radical (unpaired) electrons. The third-order valence-corrected chi connectivity index (χ3v) is 3.39. The Labute approximate surface area is 110 Å². The molecule has 0 unspecified atom stereocenters. The van der Waals surface area contributed by atoms with E-state index in [9.17, 15) is 0 Å². The summed E-state index contributed by atoms with van der Waals surface area (Å²) in [5.41, 5.74) is 7.91. The highest BCUT2D eigenvalue weighted by atomic mass is 79.9. The van der Waals surface area contributed by atoms with Crippen LogP contribution >= 0.6 is 15.9 Å². The van der Waals surface area contributed by atoms with E-state index >= 15 is 0 Å². The fourth-order valence-corrected chi connectivity index (χ4v) is 2.39. The van der Waals surface area contributed by atoms with Crippen LogP contribution in [0, 0.1) is 0 Å². The number of nitrogens with two attached hydrogens (primary N) is 1. The van der Waals surface area contributed by atoms with Gasteiger partial charge in [0.25, 0.3) is 0 Å². The zero-order chi connectivity index (χ0) is 12.3. The highest BCUT2D eigenvalue weighted by Gasteiger charge is 2.09. The molecule has 1 heterocycles. The summed E-state index contributed by atoms with van der Waals surface area (Å²) < 4.78 is 3.38. The van der Waals surface area contributed by atoms with Crippen LogP contribution in [0.2, 0.25) is 0 Å². The zero-order valence-electron chi connectivity index (χ0n) is 10.1. The van der Waals surface area contributed by atoms with E-state index in [2.05, 4.69) is 50.6 Å². The Morgan fingerprint density at radius 3 is 2.94 bits per heavy atom. The standard InChI is InChI=1S/C13H18BrN3/c1-2-3-8-17-12-5-4-10(14)9-11(12)16-13(17)6-7-15/h4-5,9H,2-3,6-8,15H2,1H3. The Balaban J connectivity index is 2.46. The molecule has 0 aliphatic heterocycles. The number of unbranched alkanes of at least 4 members (excludes halogenated alkanes) is 1. The molecule has 0 saturated heterocycles. The number of fused-ring (bicyclic) bond motifs is 1. The molecule has 17 heavy (non-hydrogen) atoms. The van der Waals surface area contributed by atoms with Crippen molar-refractivity contribution in [3.8, 4) is 0 Å². The summed E-state index contributed by atoms with van der Waals surface area (Å²) in [5.74, 6) is 1.11. The van der Waals surface area contributed by atoms with Gasteiger partial charge in [-0.2, -0.15) is 0 Å². The Morgan fingerprint density at radius 2 is 2.24 bits per heavy atom. The van der Waals surface area contributed by atoms with Gasteiger partial charge in [0.2, 0.25) is 0 Å². The third kappa shape index (κ3) is 2.69. The van der Waals surface area contributed by atoms with Gasteiger partial charge in [0.1, 0.15) is 5.82 Å². The lowest BCUT2D eigenvalue weighted by molar-refractivity contribution is 0.615. The molecule has 0 atom stereocenters. The molecule has 3 nitrogen and oxygen atoms in total. The third-order valence-electron chi connectivity index (χ3n) is 2.89. The largest absolute Gasteiger partial charge is 0.330 e. The van der Waals surface area contributed by atoms with Gasteiger partial charge in [-0.15, -0.1) is 0 Å². The molecule has 0 saturated carbocycles. The number of nitrogens with zero attached hydrogens (tertiary/aromatic N) is 2. The Bertz CT molecular complexity index is 505. The molecule has 1 aromatic heterocycles. The van der Waals surface area contributed by atoms with Crippen molar-refractivity contribution in [2.45, 2.75) is 32.7 Å². The first-order valence-electron chi connectivity index (χ1n) is 6.11. The molecule has 0 aliphatic carbocycles. The molecule has 4 heteroatoms. The minimum Gasteiger partial charge on any atom is -0.330 e. The van der Waals surface area contributed by atoms with E-state index < -0.39 is 0 Å². The number of aryl methyl sites for hydroxylation is 1. The Morgan fingerprint density at radius 1 is 1.41 bits per heavy atom. The minimum absolute atomic E-state index is 0.649. The number of imidazole rings is 1. The summed E-state index contributed by atoms with van der Waals surface area (Å²) in [4.78, 5) is 4.67. The normalized spacial score (nSPS) is 11.2. The van der Waals surface area contributed by atoms with Gasteiger partial charge < -0.3 is 10.3 Å². The van der Waals surface area contributed by atoms with E-state index in [0.717, 1.165) is 28.8 Å². The van der Waals surface area contributed by atoms with Crippen molar-refractivity contribution in [2.24, 2.45) is 5.73 Å². The van der Waals surface area contributed by atoms with Crippen LogP contribution in [0.4, 0.5) is 0 Å². The van der Waals surface area contributed by atoms with Gasteiger partial charge in [-0.05, 0) is 31.2 Å². The molecule has 0 spiro atoms. The molecule has 0 fully saturated rings. The molecule has 0 aliphatic rings. The number of benzene rings is 1. The van der Waals surface area contributed by atoms with Crippen molar-refractivity contribution in [3.05, 3.63) is 28.5 Å². The summed E-state index contributed by atoms with van der Waals surface area (Å²) in [6.45, 7) is 3.89. The number of rotatable bonds is 5. The average molecular weight is 296 g/mol.